The molecule has 0 radical (unpaired) electrons. The third-order valence-electron chi connectivity index (χ3n) is 4.27. The van der Waals surface area contributed by atoms with E-state index in [0.29, 0.717) is 6.04 Å². The number of urea groups is 1. The number of fused-ring (bicyclic) bond motifs is 1. The van der Waals surface area contributed by atoms with E-state index in [0.717, 1.165) is 32.5 Å². The summed E-state index contributed by atoms with van der Waals surface area (Å²) in [5.41, 5.74) is 6.63. The van der Waals surface area contributed by atoms with E-state index in [1.54, 1.807) is 4.90 Å². The van der Waals surface area contributed by atoms with Gasteiger partial charge >= 0.3 is 6.03 Å². The van der Waals surface area contributed by atoms with E-state index in [2.05, 4.69) is 47.8 Å². The van der Waals surface area contributed by atoms with Gasteiger partial charge in [0.15, 0.2) is 0 Å². The average molecular weight is 283 g/mol. The van der Waals surface area contributed by atoms with Crippen molar-refractivity contribution in [3.63, 3.8) is 0 Å². The first-order valence-electron chi connectivity index (χ1n) is 7.48. The Hall–Kier alpha value is -2.07. The van der Waals surface area contributed by atoms with Gasteiger partial charge in [-0.1, -0.05) is 42.5 Å². The predicted molar refractivity (Wildman–Crippen MR) is 85.0 cm³/mol. The van der Waals surface area contributed by atoms with Crippen LogP contribution < -0.4 is 11.1 Å². The van der Waals surface area contributed by atoms with Crippen molar-refractivity contribution < 1.29 is 4.79 Å². The Bertz CT molecular complexity index is 627. The number of hydrogen-bond donors (Lipinski definition) is 2. The van der Waals surface area contributed by atoms with Gasteiger partial charge in [-0.25, -0.2) is 4.79 Å². The van der Waals surface area contributed by atoms with Crippen LogP contribution in [-0.4, -0.2) is 30.1 Å². The lowest BCUT2D eigenvalue weighted by atomic mass is 10.0. The summed E-state index contributed by atoms with van der Waals surface area (Å²) in [6.45, 7) is 2.37. The summed E-state index contributed by atoms with van der Waals surface area (Å²) in [6.07, 6.45) is 1.93. The van der Waals surface area contributed by atoms with Crippen LogP contribution in [0.25, 0.3) is 10.8 Å². The molecule has 4 heteroatoms. The highest BCUT2D eigenvalue weighted by molar-refractivity contribution is 5.85. The highest BCUT2D eigenvalue weighted by atomic mass is 16.2. The molecule has 3 N–H and O–H groups in total. The van der Waals surface area contributed by atoms with E-state index in [-0.39, 0.29) is 6.03 Å². The summed E-state index contributed by atoms with van der Waals surface area (Å²) in [4.78, 5) is 12.8. The minimum atomic E-state index is -0.303. The number of piperidine rings is 1. The summed E-state index contributed by atoms with van der Waals surface area (Å²) in [6, 6.07) is 15.0. The minimum absolute atomic E-state index is 0.303. The number of nitrogens with zero attached hydrogens (tertiary/aromatic N) is 1. The van der Waals surface area contributed by atoms with Crippen molar-refractivity contribution in [2.24, 2.45) is 5.73 Å². The lowest BCUT2D eigenvalue weighted by molar-refractivity contribution is 0.185. The summed E-state index contributed by atoms with van der Waals surface area (Å²) in [5.74, 6) is 0. The third kappa shape index (κ3) is 3.16. The molecule has 0 aliphatic carbocycles. The number of carbonyl (C=O) groups is 1. The number of carbonyl (C=O) groups excluding carboxylic acids is 1. The molecule has 1 fully saturated rings. The van der Waals surface area contributed by atoms with Crippen LogP contribution in [0.4, 0.5) is 4.79 Å². The van der Waals surface area contributed by atoms with Crippen LogP contribution in [0.5, 0.6) is 0 Å². The van der Waals surface area contributed by atoms with Crippen LogP contribution in [0.15, 0.2) is 42.5 Å². The molecule has 110 valence electrons. The van der Waals surface area contributed by atoms with Gasteiger partial charge in [-0.05, 0) is 29.2 Å². The third-order valence-corrected chi connectivity index (χ3v) is 4.27. The van der Waals surface area contributed by atoms with Gasteiger partial charge in [0.2, 0.25) is 0 Å². The Morgan fingerprint density at radius 1 is 1.14 bits per heavy atom. The second-order valence-corrected chi connectivity index (χ2v) is 5.62. The van der Waals surface area contributed by atoms with Crippen LogP contribution in [0.3, 0.4) is 0 Å². The molecule has 1 aliphatic heterocycles. The van der Waals surface area contributed by atoms with E-state index in [1.807, 2.05) is 0 Å². The highest BCUT2D eigenvalue weighted by Crippen LogP contribution is 2.19. The fourth-order valence-corrected chi connectivity index (χ4v) is 3.00. The molecule has 0 bridgehead atoms. The summed E-state index contributed by atoms with van der Waals surface area (Å²) < 4.78 is 0. The van der Waals surface area contributed by atoms with Gasteiger partial charge in [-0.2, -0.15) is 0 Å². The van der Waals surface area contributed by atoms with Crippen molar-refractivity contribution in [3.05, 3.63) is 48.0 Å². The fourth-order valence-electron chi connectivity index (χ4n) is 3.00. The summed E-state index contributed by atoms with van der Waals surface area (Å²) >= 11 is 0. The number of nitrogens with two attached hydrogens (primary N) is 1. The van der Waals surface area contributed by atoms with Crippen LogP contribution in [0.2, 0.25) is 0 Å². The van der Waals surface area contributed by atoms with Gasteiger partial charge in [0.1, 0.15) is 0 Å². The zero-order valence-corrected chi connectivity index (χ0v) is 12.1. The van der Waals surface area contributed by atoms with Crippen molar-refractivity contribution in [1.29, 1.82) is 0 Å². The standard InChI is InChI=1S/C17H21N3O/c18-17(21)20-10-8-15(9-11-20)19-12-14-6-3-5-13-4-1-2-7-16(13)14/h1-7,15,19H,8-12H2,(H2,18,21). The second-order valence-electron chi connectivity index (χ2n) is 5.62. The smallest absolute Gasteiger partial charge is 0.314 e. The Kier molecular flexibility index (Phi) is 4.06. The quantitative estimate of drug-likeness (QED) is 0.909. The summed E-state index contributed by atoms with van der Waals surface area (Å²) in [7, 11) is 0. The summed E-state index contributed by atoms with van der Waals surface area (Å²) in [5, 5.41) is 6.20. The van der Waals surface area contributed by atoms with E-state index >= 15 is 0 Å². The molecule has 1 aliphatic rings. The monoisotopic (exact) mass is 283 g/mol. The average Bonchev–Trinajstić information content (AvgIpc) is 2.53. The molecule has 0 unspecified atom stereocenters. The molecule has 0 atom stereocenters. The van der Waals surface area contributed by atoms with Crippen molar-refractivity contribution in [1.82, 2.24) is 10.2 Å². The second kappa shape index (κ2) is 6.14. The van der Waals surface area contributed by atoms with Crippen LogP contribution >= 0.6 is 0 Å². The highest BCUT2D eigenvalue weighted by Gasteiger charge is 2.20. The van der Waals surface area contributed by atoms with Gasteiger partial charge in [0.25, 0.3) is 0 Å². The van der Waals surface area contributed by atoms with E-state index < -0.39 is 0 Å². The molecule has 0 spiro atoms. The Morgan fingerprint density at radius 3 is 2.62 bits per heavy atom. The van der Waals surface area contributed by atoms with Crippen molar-refractivity contribution in [2.75, 3.05) is 13.1 Å². The number of primary amides is 1. The van der Waals surface area contributed by atoms with E-state index in [9.17, 15) is 4.79 Å². The van der Waals surface area contributed by atoms with Gasteiger partial charge in [0.05, 0.1) is 0 Å². The van der Waals surface area contributed by atoms with Crippen molar-refractivity contribution in [3.8, 4) is 0 Å². The fraction of sp³-hybridized carbons (Fsp3) is 0.353. The maximum Gasteiger partial charge on any atom is 0.314 e. The van der Waals surface area contributed by atoms with Gasteiger partial charge < -0.3 is 16.0 Å². The Labute approximate surface area is 124 Å². The normalized spacial score (nSPS) is 16.3. The van der Waals surface area contributed by atoms with Gasteiger partial charge in [0, 0.05) is 25.7 Å². The molecule has 2 amide bonds. The lowest BCUT2D eigenvalue weighted by Gasteiger charge is -2.31. The van der Waals surface area contributed by atoms with Gasteiger partial charge in [-0.3, -0.25) is 0 Å². The molecule has 2 aromatic carbocycles. The molecule has 2 aromatic rings. The van der Waals surface area contributed by atoms with Crippen LogP contribution in [-0.2, 0) is 6.54 Å². The maximum atomic E-state index is 11.1. The largest absolute Gasteiger partial charge is 0.351 e. The van der Waals surface area contributed by atoms with Crippen molar-refractivity contribution in [2.45, 2.75) is 25.4 Å². The molecule has 0 aromatic heterocycles. The number of nitrogens with one attached hydrogen (secondary N) is 1. The topological polar surface area (TPSA) is 58.4 Å². The first kappa shape index (κ1) is 13.9. The molecule has 1 heterocycles. The molecular formula is C17H21N3O. The number of hydrogen-bond acceptors (Lipinski definition) is 2. The number of amides is 2. The van der Waals surface area contributed by atoms with Crippen LogP contribution in [0.1, 0.15) is 18.4 Å². The molecule has 0 saturated carbocycles. The number of rotatable bonds is 3. The molecular weight excluding hydrogens is 262 g/mol. The zero-order valence-electron chi connectivity index (χ0n) is 12.1. The zero-order chi connectivity index (χ0) is 14.7. The number of likely N-dealkylation sites (tertiary alicyclic amines) is 1. The van der Waals surface area contributed by atoms with Crippen LogP contribution in [0, 0.1) is 0 Å². The van der Waals surface area contributed by atoms with E-state index in [4.69, 9.17) is 5.73 Å². The molecule has 3 rings (SSSR count). The van der Waals surface area contributed by atoms with Crippen molar-refractivity contribution >= 4 is 16.8 Å². The molecule has 1 saturated heterocycles. The Morgan fingerprint density at radius 2 is 1.86 bits per heavy atom. The maximum absolute atomic E-state index is 11.1. The first-order valence-corrected chi connectivity index (χ1v) is 7.48. The predicted octanol–water partition coefficient (Wildman–Crippen LogP) is 2.47. The Balaban J connectivity index is 1.61. The SMILES string of the molecule is NC(=O)N1CCC(NCc2cccc3ccccc23)CC1. The number of benzene rings is 2. The van der Waals surface area contributed by atoms with Gasteiger partial charge in [-0.15, -0.1) is 0 Å². The first-order chi connectivity index (χ1) is 10.2. The lowest BCUT2D eigenvalue weighted by Crippen LogP contribution is -2.46. The molecule has 4 nitrogen and oxygen atoms in total. The minimum Gasteiger partial charge on any atom is -0.351 e. The van der Waals surface area contributed by atoms with E-state index in [1.165, 1.54) is 16.3 Å². The molecule has 21 heavy (non-hydrogen) atoms.